The molecular weight excluding hydrogens is 493 g/mol. The summed E-state index contributed by atoms with van der Waals surface area (Å²) in [5.41, 5.74) is 1.43. The fourth-order valence-corrected chi connectivity index (χ4v) is 6.70. The second-order valence-corrected chi connectivity index (χ2v) is 11.0. The number of methoxy groups -OCH3 is 1. The topological polar surface area (TPSA) is 106 Å². The Bertz CT molecular complexity index is 1510. The van der Waals surface area contributed by atoms with Crippen LogP contribution in [-0.2, 0) is 14.8 Å². The molecule has 1 fully saturated rings. The summed E-state index contributed by atoms with van der Waals surface area (Å²) in [6.07, 6.45) is 0.914. The summed E-state index contributed by atoms with van der Waals surface area (Å²) >= 11 is 1.39. The number of carbonyl (C=O) groups is 1. The van der Waals surface area contributed by atoms with Gasteiger partial charge < -0.3 is 10.1 Å². The van der Waals surface area contributed by atoms with Crippen molar-refractivity contribution in [2.45, 2.75) is 30.7 Å². The number of hydrogen-bond donors (Lipinski definition) is 1. The number of halogens is 1. The van der Waals surface area contributed by atoms with Gasteiger partial charge in [0.1, 0.15) is 23.4 Å². The fraction of sp³-hybridized carbons (Fsp3) is 0.261. The predicted molar refractivity (Wildman–Crippen MR) is 130 cm³/mol. The van der Waals surface area contributed by atoms with Crippen molar-refractivity contribution in [3.05, 3.63) is 60.0 Å². The Labute approximate surface area is 205 Å². The Kier molecular flexibility index (Phi) is 6.03. The molecule has 0 spiro atoms. The number of nitrogens with zero attached hydrogens (tertiary/aromatic N) is 4. The molecule has 9 nitrogen and oxygen atoms in total. The van der Waals surface area contributed by atoms with Crippen LogP contribution in [0.25, 0.3) is 15.3 Å². The van der Waals surface area contributed by atoms with E-state index in [0.29, 0.717) is 35.2 Å². The average molecular weight is 516 g/mol. The monoisotopic (exact) mass is 515 g/mol. The van der Waals surface area contributed by atoms with Crippen LogP contribution in [0.5, 0.6) is 5.75 Å². The SMILES string of the molecule is COc1ccc2nc(-n3nc(C)cc3NC(=O)C3CCCN3S(=O)(=O)c3ccc(F)cc3)sc2c1. The molecule has 2 aromatic heterocycles. The summed E-state index contributed by atoms with van der Waals surface area (Å²) in [6, 6.07) is 10.9. The second-order valence-electron chi connectivity index (χ2n) is 8.13. The summed E-state index contributed by atoms with van der Waals surface area (Å²) < 4.78 is 48.5. The standard InChI is InChI=1S/C23H22FN5O4S2/c1-14-12-21(29(27-14)23-25-18-10-7-16(33-2)13-20(18)34-23)26-22(30)19-4-3-11-28(19)35(31,32)17-8-5-15(24)6-9-17/h5-10,12-13,19H,3-4,11H2,1-2H3,(H,26,30). The number of amides is 1. The molecule has 182 valence electrons. The smallest absolute Gasteiger partial charge is 0.243 e. The lowest BCUT2D eigenvalue weighted by atomic mass is 10.2. The van der Waals surface area contributed by atoms with E-state index in [1.54, 1.807) is 20.1 Å². The number of anilines is 1. The highest BCUT2D eigenvalue weighted by Gasteiger charge is 2.39. The Balaban J connectivity index is 1.42. The molecule has 2 aromatic carbocycles. The van der Waals surface area contributed by atoms with Crippen molar-refractivity contribution in [1.82, 2.24) is 19.1 Å². The number of rotatable bonds is 6. The van der Waals surface area contributed by atoms with E-state index >= 15 is 0 Å². The van der Waals surface area contributed by atoms with Gasteiger partial charge in [-0.1, -0.05) is 11.3 Å². The number of aryl methyl sites for hydroxylation is 1. The molecular formula is C23H22FN5O4S2. The lowest BCUT2D eigenvalue weighted by molar-refractivity contribution is -0.119. The van der Waals surface area contributed by atoms with Gasteiger partial charge in [-0.3, -0.25) is 4.79 Å². The molecule has 0 saturated carbocycles. The number of sulfonamides is 1. The lowest BCUT2D eigenvalue weighted by Gasteiger charge is -2.23. The molecule has 0 bridgehead atoms. The van der Waals surface area contributed by atoms with Crippen molar-refractivity contribution in [2.24, 2.45) is 0 Å². The van der Waals surface area contributed by atoms with Gasteiger partial charge in [-0.2, -0.15) is 14.1 Å². The summed E-state index contributed by atoms with van der Waals surface area (Å²) in [4.78, 5) is 17.8. The van der Waals surface area contributed by atoms with Gasteiger partial charge in [0.15, 0.2) is 0 Å². The Morgan fingerprint density at radius 2 is 1.97 bits per heavy atom. The fourth-order valence-electron chi connectivity index (χ4n) is 4.09. The van der Waals surface area contributed by atoms with Crippen LogP contribution in [0.1, 0.15) is 18.5 Å². The van der Waals surface area contributed by atoms with Crippen LogP contribution in [0.4, 0.5) is 10.2 Å². The van der Waals surface area contributed by atoms with Crippen LogP contribution in [0.2, 0.25) is 0 Å². The van der Waals surface area contributed by atoms with E-state index < -0.39 is 27.8 Å². The summed E-state index contributed by atoms with van der Waals surface area (Å²) in [6.45, 7) is 2.00. The third-order valence-corrected chi connectivity index (χ3v) is 8.69. The van der Waals surface area contributed by atoms with E-state index in [2.05, 4.69) is 15.4 Å². The first kappa shape index (κ1) is 23.4. The van der Waals surface area contributed by atoms with Gasteiger partial charge in [0.25, 0.3) is 0 Å². The van der Waals surface area contributed by atoms with E-state index in [-0.39, 0.29) is 11.4 Å². The number of thiazole rings is 1. The van der Waals surface area contributed by atoms with Gasteiger partial charge in [-0.25, -0.2) is 17.8 Å². The molecule has 1 atom stereocenters. The Morgan fingerprint density at radius 3 is 2.71 bits per heavy atom. The zero-order valence-corrected chi connectivity index (χ0v) is 20.6. The van der Waals surface area contributed by atoms with Crippen molar-refractivity contribution in [1.29, 1.82) is 0 Å². The highest BCUT2D eigenvalue weighted by atomic mass is 32.2. The lowest BCUT2D eigenvalue weighted by Crippen LogP contribution is -2.43. The van der Waals surface area contributed by atoms with Gasteiger partial charge in [0.05, 0.1) is 27.9 Å². The van der Waals surface area contributed by atoms with E-state index in [4.69, 9.17) is 4.74 Å². The second kappa shape index (κ2) is 9.02. The van der Waals surface area contributed by atoms with Crippen molar-refractivity contribution >= 4 is 43.3 Å². The van der Waals surface area contributed by atoms with Crippen molar-refractivity contribution < 1.29 is 22.3 Å². The summed E-state index contributed by atoms with van der Waals surface area (Å²) in [7, 11) is -2.37. The van der Waals surface area contributed by atoms with Crippen LogP contribution in [0.3, 0.4) is 0 Å². The minimum absolute atomic E-state index is 0.0515. The van der Waals surface area contributed by atoms with Gasteiger partial charge in [-0.15, -0.1) is 0 Å². The zero-order valence-electron chi connectivity index (χ0n) is 18.9. The first-order valence-electron chi connectivity index (χ1n) is 10.9. The Hall–Kier alpha value is -3.35. The van der Waals surface area contributed by atoms with Crippen LogP contribution >= 0.6 is 11.3 Å². The van der Waals surface area contributed by atoms with Gasteiger partial charge in [0, 0.05) is 12.6 Å². The average Bonchev–Trinajstić information content (AvgIpc) is 3.57. The largest absolute Gasteiger partial charge is 0.497 e. The van der Waals surface area contributed by atoms with E-state index in [1.807, 2.05) is 18.2 Å². The number of benzene rings is 2. The first-order chi connectivity index (χ1) is 16.8. The number of carbonyl (C=O) groups excluding carboxylic acids is 1. The third kappa shape index (κ3) is 4.40. The summed E-state index contributed by atoms with van der Waals surface area (Å²) in [5, 5.41) is 7.87. The number of nitrogens with one attached hydrogen (secondary N) is 1. The molecule has 1 unspecified atom stereocenters. The van der Waals surface area contributed by atoms with Crippen LogP contribution in [0.15, 0.2) is 53.4 Å². The van der Waals surface area contributed by atoms with Gasteiger partial charge >= 0.3 is 0 Å². The molecule has 5 rings (SSSR count). The number of hydrogen-bond acceptors (Lipinski definition) is 7. The molecule has 1 aliphatic heterocycles. The summed E-state index contributed by atoms with van der Waals surface area (Å²) in [5.74, 6) is 0.111. The maximum absolute atomic E-state index is 13.3. The molecule has 4 aromatic rings. The maximum atomic E-state index is 13.3. The molecule has 1 amide bonds. The molecule has 0 radical (unpaired) electrons. The molecule has 12 heteroatoms. The molecule has 1 N–H and O–H groups in total. The third-order valence-electron chi connectivity index (χ3n) is 5.77. The van der Waals surface area contributed by atoms with Crippen molar-refractivity contribution in [2.75, 3.05) is 19.0 Å². The highest BCUT2D eigenvalue weighted by molar-refractivity contribution is 7.89. The van der Waals surface area contributed by atoms with Gasteiger partial charge in [-0.05, 0) is 62.2 Å². The van der Waals surface area contributed by atoms with Gasteiger partial charge in [0.2, 0.25) is 21.1 Å². The molecule has 3 heterocycles. The number of aromatic nitrogens is 3. The molecule has 35 heavy (non-hydrogen) atoms. The molecule has 1 aliphatic rings. The van der Waals surface area contributed by atoms with E-state index in [9.17, 15) is 17.6 Å². The normalized spacial score (nSPS) is 16.6. The number of ether oxygens (including phenoxy) is 1. The minimum atomic E-state index is -3.96. The predicted octanol–water partition coefficient (Wildman–Crippen LogP) is 3.73. The van der Waals surface area contributed by atoms with E-state index in [0.717, 1.165) is 22.3 Å². The molecule has 1 saturated heterocycles. The maximum Gasteiger partial charge on any atom is 0.243 e. The minimum Gasteiger partial charge on any atom is -0.497 e. The van der Waals surface area contributed by atoms with Crippen LogP contribution < -0.4 is 10.1 Å². The zero-order chi connectivity index (χ0) is 24.7. The quantitative estimate of drug-likeness (QED) is 0.419. The van der Waals surface area contributed by atoms with Crippen molar-refractivity contribution in [3.63, 3.8) is 0 Å². The van der Waals surface area contributed by atoms with Crippen LogP contribution in [-0.4, -0.2) is 53.1 Å². The van der Waals surface area contributed by atoms with Crippen LogP contribution in [0, 0.1) is 12.7 Å². The molecule has 0 aliphatic carbocycles. The van der Waals surface area contributed by atoms with E-state index in [1.165, 1.54) is 32.5 Å². The van der Waals surface area contributed by atoms with Crippen molar-refractivity contribution in [3.8, 4) is 10.9 Å². The first-order valence-corrected chi connectivity index (χ1v) is 13.1. The number of fused-ring (bicyclic) bond motifs is 1. The Morgan fingerprint density at radius 1 is 1.20 bits per heavy atom. The highest BCUT2D eigenvalue weighted by Crippen LogP contribution is 2.31.